The van der Waals surface area contributed by atoms with Gasteiger partial charge in [0.1, 0.15) is 5.75 Å². The molecule has 0 saturated carbocycles. The summed E-state index contributed by atoms with van der Waals surface area (Å²) in [5, 5.41) is 9.34. The van der Waals surface area contributed by atoms with Crippen molar-refractivity contribution in [2.75, 3.05) is 27.2 Å². The standard InChI is InChI=1S/C13H21NO2/c1-11(15)12-5-7-13(8-6-12)16-10-4-9-14(2)3/h5-8,11,15H,4,9-10H2,1-3H3/t11-/m0/s1. The summed E-state index contributed by atoms with van der Waals surface area (Å²) in [7, 11) is 4.11. The van der Waals surface area contributed by atoms with Crippen LogP contribution in [0.1, 0.15) is 25.0 Å². The van der Waals surface area contributed by atoms with Crippen LogP contribution in [0.3, 0.4) is 0 Å². The minimum absolute atomic E-state index is 0.414. The smallest absolute Gasteiger partial charge is 0.119 e. The van der Waals surface area contributed by atoms with Gasteiger partial charge in [0.05, 0.1) is 12.7 Å². The summed E-state index contributed by atoms with van der Waals surface area (Å²) in [6.45, 7) is 3.52. The van der Waals surface area contributed by atoms with Gasteiger partial charge in [-0.25, -0.2) is 0 Å². The third-order valence-electron chi connectivity index (χ3n) is 2.38. The fraction of sp³-hybridized carbons (Fsp3) is 0.538. The van der Waals surface area contributed by atoms with Crippen LogP contribution in [0, 0.1) is 0 Å². The highest BCUT2D eigenvalue weighted by molar-refractivity contribution is 5.28. The highest BCUT2D eigenvalue weighted by Crippen LogP contribution is 2.17. The zero-order valence-corrected chi connectivity index (χ0v) is 10.3. The van der Waals surface area contributed by atoms with Crippen LogP contribution in [0.2, 0.25) is 0 Å². The van der Waals surface area contributed by atoms with E-state index in [1.54, 1.807) is 6.92 Å². The molecule has 1 atom stereocenters. The van der Waals surface area contributed by atoms with Crippen molar-refractivity contribution in [2.24, 2.45) is 0 Å². The van der Waals surface area contributed by atoms with Crippen molar-refractivity contribution in [3.05, 3.63) is 29.8 Å². The fourth-order valence-corrected chi connectivity index (χ4v) is 1.41. The van der Waals surface area contributed by atoms with Crippen molar-refractivity contribution in [1.82, 2.24) is 4.90 Å². The lowest BCUT2D eigenvalue weighted by molar-refractivity contribution is 0.199. The molecule has 16 heavy (non-hydrogen) atoms. The highest BCUT2D eigenvalue weighted by atomic mass is 16.5. The minimum atomic E-state index is -0.414. The minimum Gasteiger partial charge on any atom is -0.494 e. The Hall–Kier alpha value is -1.06. The van der Waals surface area contributed by atoms with Gasteiger partial charge < -0.3 is 14.7 Å². The van der Waals surface area contributed by atoms with E-state index in [9.17, 15) is 5.11 Å². The van der Waals surface area contributed by atoms with Gasteiger partial charge in [-0.15, -0.1) is 0 Å². The monoisotopic (exact) mass is 223 g/mol. The fourth-order valence-electron chi connectivity index (χ4n) is 1.41. The lowest BCUT2D eigenvalue weighted by Gasteiger charge is -2.11. The van der Waals surface area contributed by atoms with Gasteiger partial charge in [0.15, 0.2) is 0 Å². The van der Waals surface area contributed by atoms with E-state index in [0.29, 0.717) is 0 Å². The quantitative estimate of drug-likeness (QED) is 0.749. The molecule has 3 heteroatoms. The van der Waals surface area contributed by atoms with Crippen LogP contribution in [0.15, 0.2) is 24.3 Å². The van der Waals surface area contributed by atoms with Crippen molar-refractivity contribution in [3.63, 3.8) is 0 Å². The van der Waals surface area contributed by atoms with E-state index in [-0.39, 0.29) is 0 Å². The summed E-state index contributed by atoms with van der Waals surface area (Å²) in [6, 6.07) is 7.59. The number of ether oxygens (including phenoxy) is 1. The van der Waals surface area contributed by atoms with Gasteiger partial charge in [-0.3, -0.25) is 0 Å². The van der Waals surface area contributed by atoms with Crippen LogP contribution in [-0.2, 0) is 0 Å². The summed E-state index contributed by atoms with van der Waals surface area (Å²) in [4.78, 5) is 2.14. The Labute approximate surface area is 97.7 Å². The van der Waals surface area contributed by atoms with Gasteiger partial charge in [-0.2, -0.15) is 0 Å². The maximum Gasteiger partial charge on any atom is 0.119 e. The zero-order chi connectivity index (χ0) is 12.0. The Morgan fingerprint density at radius 2 is 1.88 bits per heavy atom. The van der Waals surface area contributed by atoms with E-state index in [4.69, 9.17) is 4.74 Å². The van der Waals surface area contributed by atoms with E-state index < -0.39 is 6.10 Å². The zero-order valence-electron chi connectivity index (χ0n) is 10.3. The van der Waals surface area contributed by atoms with Crippen LogP contribution in [-0.4, -0.2) is 37.3 Å². The molecule has 1 aromatic rings. The first-order chi connectivity index (χ1) is 7.59. The molecule has 0 heterocycles. The predicted octanol–water partition coefficient (Wildman–Crippen LogP) is 2.07. The normalized spacial score (nSPS) is 12.8. The summed E-state index contributed by atoms with van der Waals surface area (Å²) in [6.07, 6.45) is 0.605. The molecule has 0 aliphatic rings. The van der Waals surface area contributed by atoms with E-state index in [2.05, 4.69) is 19.0 Å². The number of aliphatic hydroxyl groups is 1. The van der Waals surface area contributed by atoms with Crippen LogP contribution in [0.5, 0.6) is 5.75 Å². The van der Waals surface area contributed by atoms with Crippen molar-refractivity contribution in [1.29, 1.82) is 0 Å². The van der Waals surface area contributed by atoms with Crippen LogP contribution >= 0.6 is 0 Å². The maximum absolute atomic E-state index is 9.34. The summed E-state index contributed by atoms with van der Waals surface area (Å²) in [5.74, 6) is 0.864. The topological polar surface area (TPSA) is 32.7 Å². The molecule has 1 N–H and O–H groups in total. The van der Waals surface area contributed by atoms with Gasteiger partial charge in [0.25, 0.3) is 0 Å². The second-order valence-corrected chi connectivity index (χ2v) is 4.25. The molecular formula is C13H21NO2. The van der Waals surface area contributed by atoms with Gasteiger partial charge in [0, 0.05) is 6.54 Å². The number of hydrogen-bond donors (Lipinski definition) is 1. The number of benzene rings is 1. The second-order valence-electron chi connectivity index (χ2n) is 4.25. The molecule has 0 spiro atoms. The molecule has 0 saturated heterocycles. The highest BCUT2D eigenvalue weighted by Gasteiger charge is 2.00. The van der Waals surface area contributed by atoms with Crippen LogP contribution in [0.25, 0.3) is 0 Å². The van der Waals surface area contributed by atoms with Gasteiger partial charge in [0.2, 0.25) is 0 Å². The molecule has 3 nitrogen and oxygen atoms in total. The first-order valence-electron chi connectivity index (χ1n) is 5.65. The van der Waals surface area contributed by atoms with Crippen LogP contribution < -0.4 is 4.74 Å². The third kappa shape index (κ3) is 4.64. The van der Waals surface area contributed by atoms with E-state index in [1.165, 1.54) is 0 Å². The Kier molecular flexibility index (Phi) is 5.29. The number of hydrogen-bond acceptors (Lipinski definition) is 3. The Bertz CT molecular complexity index is 293. The van der Waals surface area contributed by atoms with Crippen molar-refractivity contribution < 1.29 is 9.84 Å². The summed E-state index contributed by atoms with van der Waals surface area (Å²) in [5.41, 5.74) is 0.917. The Morgan fingerprint density at radius 1 is 1.25 bits per heavy atom. The SMILES string of the molecule is C[C@H](O)c1ccc(OCCCN(C)C)cc1. The Balaban J connectivity index is 2.32. The number of nitrogens with zero attached hydrogens (tertiary/aromatic N) is 1. The molecule has 0 aliphatic heterocycles. The molecular weight excluding hydrogens is 202 g/mol. The van der Waals surface area contributed by atoms with Crippen LogP contribution in [0.4, 0.5) is 0 Å². The molecule has 0 aromatic heterocycles. The first-order valence-corrected chi connectivity index (χ1v) is 5.65. The molecule has 0 fully saturated rings. The Morgan fingerprint density at radius 3 is 2.38 bits per heavy atom. The molecule has 1 rings (SSSR count). The van der Waals surface area contributed by atoms with Crippen molar-refractivity contribution in [3.8, 4) is 5.75 Å². The predicted molar refractivity (Wildman–Crippen MR) is 65.7 cm³/mol. The third-order valence-corrected chi connectivity index (χ3v) is 2.38. The van der Waals surface area contributed by atoms with Gasteiger partial charge in [-0.05, 0) is 45.1 Å². The summed E-state index contributed by atoms with van der Waals surface area (Å²) >= 11 is 0. The number of rotatable bonds is 6. The van der Waals surface area contributed by atoms with E-state index in [1.807, 2.05) is 24.3 Å². The van der Waals surface area contributed by atoms with Gasteiger partial charge >= 0.3 is 0 Å². The molecule has 0 bridgehead atoms. The second kappa shape index (κ2) is 6.51. The first kappa shape index (κ1) is 13.0. The van der Waals surface area contributed by atoms with Crippen molar-refractivity contribution >= 4 is 0 Å². The molecule has 0 amide bonds. The molecule has 1 aromatic carbocycles. The average Bonchev–Trinajstić information content (AvgIpc) is 2.25. The molecule has 0 radical (unpaired) electrons. The lowest BCUT2D eigenvalue weighted by Crippen LogP contribution is -2.15. The largest absolute Gasteiger partial charge is 0.494 e. The number of aliphatic hydroxyl groups excluding tert-OH is 1. The van der Waals surface area contributed by atoms with E-state index >= 15 is 0 Å². The molecule has 0 aliphatic carbocycles. The molecule has 90 valence electrons. The van der Waals surface area contributed by atoms with Crippen molar-refractivity contribution in [2.45, 2.75) is 19.4 Å². The van der Waals surface area contributed by atoms with Gasteiger partial charge in [-0.1, -0.05) is 12.1 Å². The molecule has 0 unspecified atom stereocenters. The average molecular weight is 223 g/mol. The lowest BCUT2D eigenvalue weighted by atomic mass is 10.1. The van der Waals surface area contributed by atoms with E-state index in [0.717, 1.165) is 30.9 Å². The summed E-state index contributed by atoms with van der Waals surface area (Å²) < 4.78 is 5.58. The maximum atomic E-state index is 9.34.